The smallest absolute Gasteiger partial charge is 0.137 e. The Morgan fingerprint density at radius 2 is 1.57 bits per heavy atom. The molecule has 0 fully saturated rings. The zero-order valence-electron chi connectivity index (χ0n) is 12.6. The molecule has 1 aromatic heterocycles. The molecular formula is C18H17Br2N3. The molecule has 23 heavy (non-hydrogen) atoms. The van der Waals surface area contributed by atoms with Crippen LogP contribution in [0.3, 0.4) is 0 Å². The van der Waals surface area contributed by atoms with Crippen LogP contribution in [0.1, 0.15) is 23.5 Å². The zero-order chi connectivity index (χ0) is 16.1. The van der Waals surface area contributed by atoms with E-state index >= 15 is 0 Å². The predicted octanol–water partition coefficient (Wildman–Crippen LogP) is 5.22. The summed E-state index contributed by atoms with van der Waals surface area (Å²) >= 11 is 6.99. The second kappa shape index (κ2) is 7.88. The third-order valence-corrected chi connectivity index (χ3v) is 4.97. The molecule has 0 aliphatic heterocycles. The molecule has 118 valence electrons. The van der Waals surface area contributed by atoms with E-state index in [0.717, 1.165) is 28.3 Å². The molecule has 1 atom stereocenters. The minimum atomic E-state index is 0.411. The van der Waals surface area contributed by atoms with Crippen LogP contribution in [0.25, 0.3) is 0 Å². The van der Waals surface area contributed by atoms with Crippen LogP contribution < -0.4 is 0 Å². The Bertz CT molecular complexity index is 722. The number of aryl methyl sites for hydroxylation is 1. The fraction of sp³-hybridized carbons (Fsp3) is 0.222. The number of benzene rings is 2. The van der Waals surface area contributed by atoms with Gasteiger partial charge in [0.05, 0.1) is 0 Å². The molecular weight excluding hydrogens is 418 g/mol. The van der Waals surface area contributed by atoms with Gasteiger partial charge < -0.3 is 0 Å². The van der Waals surface area contributed by atoms with E-state index in [1.54, 1.807) is 12.7 Å². The van der Waals surface area contributed by atoms with Crippen molar-refractivity contribution in [1.29, 1.82) is 0 Å². The lowest BCUT2D eigenvalue weighted by atomic mass is 9.92. The van der Waals surface area contributed by atoms with Gasteiger partial charge in [-0.3, -0.25) is 4.68 Å². The van der Waals surface area contributed by atoms with Gasteiger partial charge >= 0.3 is 0 Å². The van der Waals surface area contributed by atoms with Gasteiger partial charge in [-0.15, -0.1) is 0 Å². The zero-order valence-corrected chi connectivity index (χ0v) is 15.7. The van der Waals surface area contributed by atoms with Crippen molar-refractivity contribution in [2.45, 2.75) is 25.3 Å². The highest BCUT2D eigenvalue weighted by Crippen LogP contribution is 2.25. The van der Waals surface area contributed by atoms with Gasteiger partial charge in [0.2, 0.25) is 0 Å². The lowest BCUT2D eigenvalue weighted by Crippen LogP contribution is -2.11. The Labute approximate surface area is 153 Å². The largest absolute Gasteiger partial charge is 0.252 e. The molecule has 1 unspecified atom stereocenters. The second-order valence-electron chi connectivity index (χ2n) is 5.53. The quantitative estimate of drug-likeness (QED) is 0.532. The Kier molecular flexibility index (Phi) is 5.62. The highest BCUT2D eigenvalue weighted by atomic mass is 79.9. The van der Waals surface area contributed by atoms with Crippen LogP contribution in [0.2, 0.25) is 0 Å². The first kappa shape index (κ1) is 16.4. The standard InChI is InChI=1S/C18H17Br2N3/c19-17-7-2-14(3-8-17)1-4-16(11-23-13-21-12-22-23)15-5-9-18(20)10-6-15/h2-3,5-10,12-13,16H,1,4,11H2. The topological polar surface area (TPSA) is 30.7 Å². The highest BCUT2D eigenvalue weighted by Gasteiger charge is 2.13. The number of halogens is 2. The molecule has 5 heteroatoms. The van der Waals surface area contributed by atoms with Gasteiger partial charge in [0.15, 0.2) is 0 Å². The molecule has 3 aromatic rings. The van der Waals surface area contributed by atoms with Gasteiger partial charge in [-0.2, -0.15) is 5.10 Å². The summed E-state index contributed by atoms with van der Waals surface area (Å²) in [5, 5.41) is 4.26. The molecule has 0 saturated carbocycles. The predicted molar refractivity (Wildman–Crippen MR) is 99.4 cm³/mol. The highest BCUT2D eigenvalue weighted by molar-refractivity contribution is 9.10. The average molecular weight is 435 g/mol. The van der Waals surface area contributed by atoms with Crippen molar-refractivity contribution in [2.24, 2.45) is 0 Å². The lowest BCUT2D eigenvalue weighted by Gasteiger charge is -2.17. The Balaban J connectivity index is 1.74. The Morgan fingerprint density at radius 1 is 0.913 bits per heavy atom. The molecule has 0 amide bonds. The van der Waals surface area contributed by atoms with Crippen LogP contribution in [0.5, 0.6) is 0 Å². The molecule has 0 bridgehead atoms. The van der Waals surface area contributed by atoms with E-state index in [2.05, 4.69) is 90.5 Å². The van der Waals surface area contributed by atoms with Crippen molar-refractivity contribution in [3.63, 3.8) is 0 Å². The van der Waals surface area contributed by atoms with Gasteiger partial charge in [-0.05, 0) is 48.2 Å². The normalized spacial score (nSPS) is 12.3. The van der Waals surface area contributed by atoms with E-state index < -0.39 is 0 Å². The molecule has 3 nitrogen and oxygen atoms in total. The van der Waals surface area contributed by atoms with Crippen LogP contribution in [0, 0.1) is 0 Å². The summed E-state index contributed by atoms with van der Waals surface area (Å²) in [6, 6.07) is 17.1. The van der Waals surface area contributed by atoms with Crippen molar-refractivity contribution in [3.05, 3.63) is 81.3 Å². The molecule has 0 radical (unpaired) electrons. The maximum Gasteiger partial charge on any atom is 0.137 e. The van der Waals surface area contributed by atoms with Gasteiger partial charge in [0.25, 0.3) is 0 Å². The second-order valence-corrected chi connectivity index (χ2v) is 7.36. The van der Waals surface area contributed by atoms with Gasteiger partial charge in [-0.25, -0.2) is 4.98 Å². The third kappa shape index (κ3) is 4.75. The first-order valence-electron chi connectivity index (χ1n) is 7.53. The maximum absolute atomic E-state index is 4.26. The van der Waals surface area contributed by atoms with Crippen molar-refractivity contribution in [1.82, 2.24) is 14.8 Å². The first-order valence-corrected chi connectivity index (χ1v) is 9.11. The summed E-state index contributed by atoms with van der Waals surface area (Å²) in [7, 11) is 0. The van der Waals surface area contributed by atoms with Gasteiger partial charge in [0, 0.05) is 21.4 Å². The van der Waals surface area contributed by atoms with Crippen LogP contribution in [0.4, 0.5) is 0 Å². The summed E-state index contributed by atoms with van der Waals surface area (Å²) < 4.78 is 4.14. The number of nitrogens with zero attached hydrogens (tertiary/aromatic N) is 3. The summed E-state index contributed by atoms with van der Waals surface area (Å²) in [6.07, 6.45) is 5.49. The van der Waals surface area contributed by atoms with E-state index in [4.69, 9.17) is 0 Å². The molecule has 0 aliphatic rings. The Morgan fingerprint density at radius 3 is 2.17 bits per heavy atom. The van der Waals surface area contributed by atoms with Gasteiger partial charge in [0.1, 0.15) is 12.7 Å². The van der Waals surface area contributed by atoms with E-state index in [-0.39, 0.29) is 0 Å². The van der Waals surface area contributed by atoms with Crippen LogP contribution in [-0.4, -0.2) is 14.8 Å². The molecule has 3 rings (SSSR count). The fourth-order valence-corrected chi connectivity index (χ4v) is 3.17. The van der Waals surface area contributed by atoms with E-state index in [1.165, 1.54) is 11.1 Å². The molecule has 1 heterocycles. The van der Waals surface area contributed by atoms with Crippen molar-refractivity contribution < 1.29 is 0 Å². The number of hydrogen-bond donors (Lipinski definition) is 0. The summed E-state index contributed by atoms with van der Waals surface area (Å²) in [4.78, 5) is 4.05. The van der Waals surface area contributed by atoms with Crippen LogP contribution in [-0.2, 0) is 13.0 Å². The molecule has 2 aromatic carbocycles. The summed E-state index contributed by atoms with van der Waals surface area (Å²) in [5.41, 5.74) is 2.69. The van der Waals surface area contributed by atoms with Crippen molar-refractivity contribution in [3.8, 4) is 0 Å². The number of aromatic nitrogens is 3. The van der Waals surface area contributed by atoms with Crippen molar-refractivity contribution >= 4 is 31.9 Å². The Hall–Kier alpha value is -1.46. The van der Waals surface area contributed by atoms with Crippen LogP contribution in [0.15, 0.2) is 70.1 Å². The van der Waals surface area contributed by atoms with Crippen LogP contribution >= 0.6 is 31.9 Å². The van der Waals surface area contributed by atoms with Gasteiger partial charge in [-0.1, -0.05) is 56.1 Å². The number of hydrogen-bond acceptors (Lipinski definition) is 2. The minimum Gasteiger partial charge on any atom is -0.252 e. The van der Waals surface area contributed by atoms with Crippen molar-refractivity contribution in [2.75, 3.05) is 0 Å². The SMILES string of the molecule is Brc1ccc(CCC(Cn2cncn2)c2ccc(Br)cc2)cc1. The summed E-state index contributed by atoms with van der Waals surface area (Å²) in [5.74, 6) is 0.411. The summed E-state index contributed by atoms with van der Waals surface area (Å²) in [6.45, 7) is 0.845. The molecule has 0 spiro atoms. The van der Waals surface area contributed by atoms with E-state index in [1.807, 2.05) is 4.68 Å². The molecule has 0 aliphatic carbocycles. The van der Waals surface area contributed by atoms with E-state index in [0.29, 0.717) is 5.92 Å². The monoisotopic (exact) mass is 433 g/mol. The third-order valence-electron chi connectivity index (χ3n) is 3.91. The lowest BCUT2D eigenvalue weighted by molar-refractivity contribution is 0.488. The van der Waals surface area contributed by atoms with E-state index in [9.17, 15) is 0 Å². The first-order chi connectivity index (χ1) is 11.2. The number of rotatable bonds is 6. The molecule has 0 N–H and O–H groups in total. The fourth-order valence-electron chi connectivity index (χ4n) is 2.64. The average Bonchev–Trinajstić information content (AvgIpc) is 3.07. The molecule has 0 saturated heterocycles. The minimum absolute atomic E-state index is 0.411. The maximum atomic E-state index is 4.26.